The molecule has 0 radical (unpaired) electrons. The number of carboxylic acid groups (broad SMARTS) is 4. The molecule has 4 unspecified atom stereocenters. The molecule has 4 aliphatic rings. The predicted octanol–water partition coefficient (Wildman–Crippen LogP) is 13.4. The monoisotopic (exact) mass is 989 g/mol. The summed E-state index contributed by atoms with van der Waals surface area (Å²) < 4.78 is 11.5. The first-order valence-electron chi connectivity index (χ1n) is 28.6. The number of hydrogen-bond donors (Lipinski definition) is 4. The molecule has 70 heavy (non-hydrogen) atoms. The summed E-state index contributed by atoms with van der Waals surface area (Å²) in [6.45, 7) is 24.9. The fraction of sp³-hybridized carbons (Fsp3) is 0.931. The van der Waals surface area contributed by atoms with Gasteiger partial charge in [0, 0.05) is 35.2 Å². The van der Waals surface area contributed by atoms with Gasteiger partial charge in [0.1, 0.15) is 5.41 Å². The Morgan fingerprint density at radius 3 is 1.06 bits per heavy atom. The summed E-state index contributed by atoms with van der Waals surface area (Å²) >= 11 is 0. The Bertz CT molecular complexity index is 1580. The summed E-state index contributed by atoms with van der Waals surface area (Å²) in [4.78, 5) is 63.0. The fourth-order valence-corrected chi connectivity index (χ4v) is 15.1. The van der Waals surface area contributed by atoms with Crippen molar-refractivity contribution >= 4 is 23.9 Å². The Labute approximate surface area is 425 Å². The van der Waals surface area contributed by atoms with Gasteiger partial charge in [0.05, 0.1) is 25.4 Å². The van der Waals surface area contributed by atoms with Crippen molar-refractivity contribution in [1.82, 2.24) is 9.80 Å². The lowest BCUT2D eigenvalue weighted by Gasteiger charge is -2.65. The minimum atomic E-state index is -3.66. The van der Waals surface area contributed by atoms with Crippen molar-refractivity contribution in [1.29, 1.82) is 0 Å². The van der Waals surface area contributed by atoms with Crippen LogP contribution in [0.4, 0.5) is 0 Å². The third-order valence-corrected chi connectivity index (χ3v) is 18.2. The average molecular weight is 989 g/mol. The molecule has 0 aliphatic carbocycles. The minimum absolute atomic E-state index is 0.0877. The number of piperidine rings is 2. The van der Waals surface area contributed by atoms with Gasteiger partial charge in [0.2, 0.25) is 0 Å². The van der Waals surface area contributed by atoms with Crippen LogP contribution in [0.15, 0.2) is 0 Å². The lowest BCUT2D eigenvalue weighted by molar-refractivity contribution is -0.226. The van der Waals surface area contributed by atoms with Crippen LogP contribution in [-0.2, 0) is 28.7 Å². The van der Waals surface area contributed by atoms with Crippen molar-refractivity contribution in [3.63, 3.8) is 0 Å². The van der Waals surface area contributed by atoms with Gasteiger partial charge in [0.15, 0.2) is 0 Å². The van der Waals surface area contributed by atoms with E-state index in [2.05, 4.69) is 79.0 Å². The number of carboxylic acids is 4. The molecule has 4 saturated heterocycles. The van der Waals surface area contributed by atoms with E-state index in [1.54, 1.807) is 0 Å². The molecule has 4 aliphatic heterocycles. The van der Waals surface area contributed by atoms with E-state index >= 15 is 4.79 Å². The van der Waals surface area contributed by atoms with Gasteiger partial charge in [-0.15, -0.1) is 0 Å². The maximum atomic E-state index is 15.3. The number of hydrogen-bond acceptors (Lipinski definition) is 8. The highest BCUT2D eigenvalue weighted by molar-refractivity contribution is 6.20. The summed E-state index contributed by atoms with van der Waals surface area (Å²) in [7, 11) is 0. The van der Waals surface area contributed by atoms with Crippen LogP contribution in [0.5, 0.6) is 0 Å². The van der Waals surface area contributed by atoms with Gasteiger partial charge in [-0.1, -0.05) is 155 Å². The van der Waals surface area contributed by atoms with Crippen LogP contribution in [0.3, 0.4) is 0 Å². The zero-order valence-electron chi connectivity index (χ0n) is 46.3. The van der Waals surface area contributed by atoms with Crippen molar-refractivity contribution in [2.75, 3.05) is 26.3 Å². The van der Waals surface area contributed by atoms with Crippen LogP contribution in [-0.4, -0.2) is 115 Å². The molecular formula is C58H104N2O10. The van der Waals surface area contributed by atoms with Crippen LogP contribution < -0.4 is 0 Å². The summed E-state index contributed by atoms with van der Waals surface area (Å²) in [5, 5.41) is 47.0. The average Bonchev–Trinajstić information content (AvgIpc) is 4.19. The van der Waals surface area contributed by atoms with E-state index < -0.39 is 57.1 Å². The Morgan fingerprint density at radius 1 is 0.457 bits per heavy atom. The van der Waals surface area contributed by atoms with Gasteiger partial charge >= 0.3 is 23.9 Å². The smallest absolute Gasteiger partial charge is 0.334 e. The molecule has 4 heterocycles. The van der Waals surface area contributed by atoms with Crippen molar-refractivity contribution in [3.8, 4) is 0 Å². The first-order chi connectivity index (χ1) is 32.9. The van der Waals surface area contributed by atoms with Crippen molar-refractivity contribution in [2.45, 2.75) is 290 Å². The van der Waals surface area contributed by atoms with Crippen LogP contribution in [0.1, 0.15) is 255 Å². The summed E-state index contributed by atoms with van der Waals surface area (Å²) in [5.74, 6) is -8.54. The lowest BCUT2D eigenvalue weighted by atomic mass is 9.40. The number of ether oxygens (including phenoxy) is 2. The fourth-order valence-electron chi connectivity index (χ4n) is 15.1. The summed E-state index contributed by atoms with van der Waals surface area (Å²) in [6, 6.07) is 0. The van der Waals surface area contributed by atoms with E-state index in [-0.39, 0.29) is 54.9 Å². The van der Waals surface area contributed by atoms with Gasteiger partial charge in [-0.2, -0.15) is 0 Å². The number of epoxide rings is 2. The molecule has 4 atom stereocenters. The third-order valence-electron chi connectivity index (χ3n) is 18.2. The molecule has 4 rings (SSSR count). The van der Waals surface area contributed by atoms with Crippen molar-refractivity contribution in [2.24, 2.45) is 28.1 Å². The topological polar surface area (TPSA) is 181 Å². The molecule has 0 spiro atoms. The van der Waals surface area contributed by atoms with Crippen molar-refractivity contribution < 1.29 is 49.1 Å². The van der Waals surface area contributed by atoms with Gasteiger partial charge in [-0.05, 0) is 118 Å². The molecule has 0 saturated carbocycles. The molecule has 0 bridgehead atoms. The number of carbonyl (C=O) groups is 4. The zero-order valence-corrected chi connectivity index (χ0v) is 46.3. The number of rotatable bonds is 37. The second-order valence-corrected chi connectivity index (χ2v) is 25.6. The van der Waals surface area contributed by atoms with Crippen LogP contribution >= 0.6 is 0 Å². The van der Waals surface area contributed by atoms with Gasteiger partial charge < -0.3 is 29.9 Å². The van der Waals surface area contributed by atoms with E-state index in [1.165, 1.54) is 70.6 Å². The number of unbranched alkanes of at least 4 members (excludes halogenated alkanes) is 20. The van der Waals surface area contributed by atoms with Crippen LogP contribution in [0.2, 0.25) is 0 Å². The van der Waals surface area contributed by atoms with Gasteiger partial charge in [-0.25, -0.2) is 0 Å². The van der Waals surface area contributed by atoms with E-state index in [4.69, 9.17) is 9.47 Å². The second-order valence-electron chi connectivity index (χ2n) is 25.6. The summed E-state index contributed by atoms with van der Waals surface area (Å²) in [6.07, 6.45) is 25.1. The van der Waals surface area contributed by atoms with Crippen LogP contribution in [0.25, 0.3) is 0 Å². The first kappa shape index (κ1) is 60.3. The maximum absolute atomic E-state index is 15.3. The van der Waals surface area contributed by atoms with E-state index in [9.17, 15) is 34.8 Å². The second kappa shape index (κ2) is 26.3. The quantitative estimate of drug-likeness (QED) is 0.0263. The maximum Gasteiger partial charge on any atom is 0.334 e. The van der Waals surface area contributed by atoms with Crippen LogP contribution in [0, 0.1) is 28.1 Å². The molecule has 0 amide bonds. The van der Waals surface area contributed by atoms with Gasteiger partial charge in [-0.3, -0.25) is 29.0 Å². The lowest BCUT2D eigenvalue weighted by Crippen LogP contribution is -2.72. The molecule has 0 aromatic carbocycles. The highest BCUT2D eigenvalue weighted by Gasteiger charge is 2.80. The molecule has 0 aromatic rings. The van der Waals surface area contributed by atoms with E-state index in [0.717, 1.165) is 57.9 Å². The molecule has 4 fully saturated rings. The van der Waals surface area contributed by atoms with E-state index in [1.807, 2.05) is 0 Å². The Balaban J connectivity index is 1.91. The molecular weight excluding hydrogens is 885 g/mol. The molecule has 12 heteroatoms. The minimum Gasteiger partial charge on any atom is -0.481 e. The number of nitrogens with zero attached hydrogens (tertiary/aromatic N) is 2. The standard InChI is InChI=1S/C58H104N2O10/c1-11-13-15-17-19-21-23-25-27-29-31-33-56(45-38-54(7,8)60(41-47-43-70-47)55(9,10)39-45,37-44-35-52(3,4)59(40-46-42-69-46)53(5,6)36-44)57(48(61)62,58(49(63)64,50(65)66)51(67)68)34-32-30-28-26-24-22-20-18-16-14-12-2/h44-47H,11-43H2,1-10H3,(H,61,62)(H,63,64)(H,65,66)(H,67,68). The summed E-state index contributed by atoms with van der Waals surface area (Å²) in [5.41, 5.74) is -9.69. The van der Waals surface area contributed by atoms with Gasteiger partial charge in [0.25, 0.3) is 5.41 Å². The molecule has 0 aromatic heterocycles. The number of aliphatic carboxylic acids is 4. The third kappa shape index (κ3) is 14.7. The molecule has 12 nitrogen and oxygen atoms in total. The first-order valence-corrected chi connectivity index (χ1v) is 28.6. The number of likely N-dealkylation sites (tertiary alicyclic amines) is 2. The van der Waals surface area contributed by atoms with Crippen molar-refractivity contribution in [3.05, 3.63) is 0 Å². The Hall–Kier alpha value is -2.28. The largest absolute Gasteiger partial charge is 0.481 e. The zero-order chi connectivity index (χ0) is 52.0. The predicted molar refractivity (Wildman–Crippen MR) is 279 cm³/mol. The Morgan fingerprint density at radius 2 is 0.757 bits per heavy atom. The Kier molecular flexibility index (Phi) is 22.6. The van der Waals surface area contributed by atoms with E-state index in [0.29, 0.717) is 58.3 Å². The normalized spacial score (nSPS) is 24.1. The molecule has 4 N–H and O–H groups in total. The SMILES string of the molecule is CCCCCCCCCCCCCC(CC1CC(C)(C)N(CC2CO2)C(C)(C)C1)(C1CC(C)(C)N(CC2CO2)C(C)(C)C1)C(CCCCCCCCCCCCC)(C(=O)O)C(C(=O)O)(C(=O)O)C(=O)O. The molecule has 406 valence electrons. The highest BCUT2D eigenvalue weighted by Crippen LogP contribution is 2.68. The highest BCUT2D eigenvalue weighted by atomic mass is 16.6.